The lowest BCUT2D eigenvalue weighted by Gasteiger charge is -2.06. The van der Waals surface area contributed by atoms with Gasteiger partial charge in [-0.3, -0.25) is 0 Å². The maximum Gasteiger partial charge on any atom is 0.126 e. The van der Waals surface area contributed by atoms with Crippen LogP contribution in [0.2, 0.25) is 0 Å². The van der Waals surface area contributed by atoms with E-state index in [1.807, 2.05) is 6.20 Å². The molecule has 0 atom stereocenters. The van der Waals surface area contributed by atoms with Crippen molar-refractivity contribution in [3.8, 4) is 0 Å². The van der Waals surface area contributed by atoms with E-state index in [-0.39, 0.29) is 0 Å². The zero-order valence-electron chi connectivity index (χ0n) is 9.60. The number of pyridine rings is 1. The molecular formula is C12H18BrClN2. The molecule has 0 aliphatic carbocycles. The van der Waals surface area contributed by atoms with Crippen LogP contribution in [0.4, 0.5) is 5.82 Å². The highest BCUT2D eigenvalue weighted by Crippen LogP contribution is 2.17. The van der Waals surface area contributed by atoms with E-state index in [1.54, 1.807) is 0 Å². The number of hydrogen-bond donors (Lipinski definition) is 1. The Morgan fingerprint density at radius 3 is 2.75 bits per heavy atom. The van der Waals surface area contributed by atoms with Crippen LogP contribution in [0.3, 0.4) is 0 Å². The summed E-state index contributed by atoms with van der Waals surface area (Å²) in [5, 5.41) is 3.32. The average molecular weight is 306 g/mol. The van der Waals surface area contributed by atoms with Crippen molar-refractivity contribution in [2.75, 3.05) is 17.7 Å². The molecular weight excluding hydrogens is 288 g/mol. The number of alkyl halides is 1. The summed E-state index contributed by atoms with van der Waals surface area (Å²) in [6.07, 6.45) is 6.59. The van der Waals surface area contributed by atoms with Gasteiger partial charge in [0.15, 0.2) is 0 Å². The van der Waals surface area contributed by atoms with E-state index in [9.17, 15) is 0 Å². The van der Waals surface area contributed by atoms with E-state index in [2.05, 4.69) is 39.2 Å². The average Bonchev–Trinajstić information content (AvgIpc) is 2.28. The molecule has 0 aliphatic heterocycles. The number of aryl methyl sites for hydroxylation is 1. The van der Waals surface area contributed by atoms with Crippen molar-refractivity contribution < 1.29 is 0 Å². The summed E-state index contributed by atoms with van der Waals surface area (Å²) in [6, 6.07) is 2.06. The SMILES string of the molecule is Cc1cc(NCCCCCCCl)ncc1Br. The Bertz CT molecular complexity index is 318. The molecule has 0 fully saturated rings. The quantitative estimate of drug-likeness (QED) is 0.598. The maximum absolute atomic E-state index is 5.61. The minimum Gasteiger partial charge on any atom is -0.370 e. The number of nitrogens with one attached hydrogen (secondary N) is 1. The first-order valence-electron chi connectivity index (χ1n) is 5.66. The summed E-state index contributed by atoms with van der Waals surface area (Å²) >= 11 is 9.05. The fraction of sp³-hybridized carbons (Fsp3) is 0.583. The second-order valence-electron chi connectivity index (χ2n) is 3.85. The second-order valence-corrected chi connectivity index (χ2v) is 5.08. The van der Waals surface area contributed by atoms with Gasteiger partial charge in [-0.25, -0.2) is 4.98 Å². The molecule has 1 N–H and O–H groups in total. The van der Waals surface area contributed by atoms with E-state index in [0.29, 0.717) is 0 Å². The summed E-state index contributed by atoms with van der Waals surface area (Å²) in [6.45, 7) is 3.05. The maximum atomic E-state index is 5.61. The standard InChI is InChI=1S/C12H18BrClN2/c1-10-8-12(16-9-11(10)13)15-7-5-3-2-4-6-14/h8-9H,2-7H2,1H3,(H,15,16). The van der Waals surface area contributed by atoms with E-state index in [4.69, 9.17) is 11.6 Å². The van der Waals surface area contributed by atoms with E-state index >= 15 is 0 Å². The fourth-order valence-corrected chi connectivity index (χ4v) is 1.83. The third-order valence-corrected chi connectivity index (χ3v) is 3.51. The van der Waals surface area contributed by atoms with Crippen LogP contribution < -0.4 is 5.32 Å². The number of halogens is 2. The Labute approximate surface area is 111 Å². The Morgan fingerprint density at radius 1 is 1.31 bits per heavy atom. The molecule has 1 aromatic rings. The van der Waals surface area contributed by atoms with Crippen LogP contribution in [-0.2, 0) is 0 Å². The van der Waals surface area contributed by atoms with Crippen LogP contribution in [0.1, 0.15) is 31.2 Å². The van der Waals surface area contributed by atoms with Crippen molar-refractivity contribution in [3.63, 3.8) is 0 Å². The van der Waals surface area contributed by atoms with Crippen molar-refractivity contribution in [2.45, 2.75) is 32.6 Å². The molecule has 0 saturated carbocycles. The van der Waals surface area contributed by atoms with Crippen LogP contribution in [0.5, 0.6) is 0 Å². The highest BCUT2D eigenvalue weighted by molar-refractivity contribution is 9.10. The third-order valence-electron chi connectivity index (χ3n) is 2.41. The first-order valence-corrected chi connectivity index (χ1v) is 6.99. The van der Waals surface area contributed by atoms with Gasteiger partial charge in [-0.05, 0) is 47.3 Å². The Hall–Kier alpha value is -0.280. The Balaban J connectivity index is 2.19. The molecule has 0 bridgehead atoms. The van der Waals surface area contributed by atoms with Gasteiger partial charge < -0.3 is 5.32 Å². The lowest BCUT2D eigenvalue weighted by atomic mass is 10.2. The van der Waals surface area contributed by atoms with Crippen molar-refractivity contribution in [1.29, 1.82) is 0 Å². The third kappa shape index (κ3) is 5.17. The Kier molecular flexibility index (Phi) is 6.81. The molecule has 1 heterocycles. The van der Waals surface area contributed by atoms with Gasteiger partial charge in [0.2, 0.25) is 0 Å². The Morgan fingerprint density at radius 2 is 2.06 bits per heavy atom. The van der Waals surface area contributed by atoms with Crippen LogP contribution in [0.15, 0.2) is 16.7 Å². The summed E-state index contributed by atoms with van der Waals surface area (Å²) < 4.78 is 1.06. The van der Waals surface area contributed by atoms with Gasteiger partial charge in [-0.15, -0.1) is 11.6 Å². The molecule has 16 heavy (non-hydrogen) atoms. The molecule has 2 nitrogen and oxygen atoms in total. The van der Waals surface area contributed by atoms with Crippen LogP contribution in [-0.4, -0.2) is 17.4 Å². The summed E-state index contributed by atoms with van der Waals surface area (Å²) in [5.74, 6) is 1.74. The zero-order valence-corrected chi connectivity index (χ0v) is 11.9. The number of nitrogens with zero attached hydrogens (tertiary/aromatic N) is 1. The van der Waals surface area contributed by atoms with Crippen molar-refractivity contribution in [1.82, 2.24) is 4.98 Å². The van der Waals surface area contributed by atoms with Gasteiger partial charge in [0.05, 0.1) is 0 Å². The summed E-state index contributed by atoms with van der Waals surface area (Å²) in [5.41, 5.74) is 1.21. The highest BCUT2D eigenvalue weighted by Gasteiger charge is 1.97. The molecule has 90 valence electrons. The van der Waals surface area contributed by atoms with Crippen LogP contribution in [0.25, 0.3) is 0 Å². The van der Waals surface area contributed by atoms with Gasteiger partial charge >= 0.3 is 0 Å². The second kappa shape index (κ2) is 7.91. The molecule has 0 aromatic carbocycles. The molecule has 1 aromatic heterocycles. The van der Waals surface area contributed by atoms with E-state index < -0.39 is 0 Å². The fourth-order valence-electron chi connectivity index (χ4n) is 1.43. The molecule has 0 spiro atoms. The minimum atomic E-state index is 0.779. The largest absolute Gasteiger partial charge is 0.370 e. The number of unbranched alkanes of at least 4 members (excludes halogenated alkanes) is 3. The smallest absolute Gasteiger partial charge is 0.126 e. The zero-order chi connectivity index (χ0) is 11.8. The molecule has 1 rings (SSSR count). The topological polar surface area (TPSA) is 24.9 Å². The first kappa shape index (κ1) is 13.8. The van der Waals surface area contributed by atoms with Crippen LogP contribution >= 0.6 is 27.5 Å². The van der Waals surface area contributed by atoms with Crippen molar-refractivity contribution in [2.24, 2.45) is 0 Å². The molecule has 0 saturated heterocycles. The molecule has 0 aliphatic rings. The van der Waals surface area contributed by atoms with Crippen molar-refractivity contribution in [3.05, 3.63) is 22.3 Å². The van der Waals surface area contributed by atoms with E-state index in [0.717, 1.165) is 29.1 Å². The molecule has 4 heteroatoms. The minimum absolute atomic E-state index is 0.779. The lowest BCUT2D eigenvalue weighted by molar-refractivity contribution is 0.687. The van der Waals surface area contributed by atoms with Gasteiger partial charge in [-0.1, -0.05) is 12.8 Å². The van der Waals surface area contributed by atoms with Gasteiger partial charge in [0.1, 0.15) is 5.82 Å². The highest BCUT2D eigenvalue weighted by atomic mass is 79.9. The number of anilines is 1. The van der Waals surface area contributed by atoms with Gasteiger partial charge in [0.25, 0.3) is 0 Å². The summed E-state index contributed by atoms with van der Waals surface area (Å²) in [4.78, 5) is 4.29. The summed E-state index contributed by atoms with van der Waals surface area (Å²) in [7, 11) is 0. The molecule has 0 radical (unpaired) electrons. The van der Waals surface area contributed by atoms with Gasteiger partial charge in [-0.2, -0.15) is 0 Å². The van der Waals surface area contributed by atoms with Crippen LogP contribution in [0, 0.1) is 6.92 Å². The predicted molar refractivity (Wildman–Crippen MR) is 74.4 cm³/mol. The number of hydrogen-bond acceptors (Lipinski definition) is 2. The number of aromatic nitrogens is 1. The molecule has 0 unspecified atom stereocenters. The monoisotopic (exact) mass is 304 g/mol. The predicted octanol–water partition coefficient (Wildman–Crippen LogP) is 4.36. The molecule has 0 amide bonds. The lowest BCUT2D eigenvalue weighted by Crippen LogP contribution is -2.03. The first-order chi connectivity index (χ1) is 7.74. The normalized spacial score (nSPS) is 10.4. The number of rotatable bonds is 7. The van der Waals surface area contributed by atoms with E-state index in [1.165, 1.54) is 24.8 Å². The van der Waals surface area contributed by atoms with Gasteiger partial charge in [0, 0.05) is 23.1 Å². The van der Waals surface area contributed by atoms with Crippen molar-refractivity contribution >= 4 is 33.3 Å².